The molecule has 0 radical (unpaired) electrons. The molecule has 0 unspecified atom stereocenters. The molecule has 22 heavy (non-hydrogen) atoms. The minimum Gasteiger partial charge on any atom is -0.452 e. The molecule has 0 aromatic heterocycles. The van der Waals surface area contributed by atoms with E-state index in [2.05, 4.69) is 5.32 Å². The minimum atomic E-state index is -0.504. The van der Waals surface area contributed by atoms with E-state index in [9.17, 15) is 9.59 Å². The number of benzene rings is 2. The fraction of sp³-hybridized carbons (Fsp3) is 0.222. The van der Waals surface area contributed by atoms with Crippen LogP contribution in [-0.2, 0) is 9.53 Å². The van der Waals surface area contributed by atoms with Crippen LogP contribution in [0.25, 0.3) is 0 Å². The van der Waals surface area contributed by atoms with Gasteiger partial charge in [-0.25, -0.2) is 4.79 Å². The Morgan fingerprint density at radius 2 is 1.68 bits per heavy atom. The highest BCUT2D eigenvalue weighted by molar-refractivity contribution is 5.96. The number of ether oxygens (including phenoxy) is 1. The van der Waals surface area contributed by atoms with Gasteiger partial charge < -0.3 is 10.1 Å². The van der Waals surface area contributed by atoms with Crippen molar-refractivity contribution in [3.63, 3.8) is 0 Å². The highest BCUT2D eigenvalue weighted by Gasteiger charge is 2.11. The predicted molar refractivity (Wildman–Crippen MR) is 86.0 cm³/mol. The summed E-state index contributed by atoms with van der Waals surface area (Å²) in [7, 11) is 0. The molecule has 2 aromatic carbocycles. The van der Waals surface area contributed by atoms with Crippen molar-refractivity contribution in [2.24, 2.45) is 0 Å². The molecule has 114 valence electrons. The standard InChI is InChI=1S/C18H19NO3/c1-12-7-9-15(10-8-12)18(21)22-11-17(20)19-16-6-4-5-13(2)14(16)3/h4-10H,11H2,1-3H3,(H,19,20). The van der Waals surface area contributed by atoms with Crippen LogP contribution in [0.1, 0.15) is 27.0 Å². The van der Waals surface area contributed by atoms with Crippen LogP contribution in [0.4, 0.5) is 5.69 Å². The van der Waals surface area contributed by atoms with Crippen molar-refractivity contribution < 1.29 is 14.3 Å². The van der Waals surface area contributed by atoms with Crippen molar-refractivity contribution in [3.05, 3.63) is 64.7 Å². The summed E-state index contributed by atoms with van der Waals surface area (Å²) in [5.41, 5.74) is 4.32. The number of anilines is 1. The molecule has 1 N–H and O–H groups in total. The molecule has 0 aliphatic carbocycles. The van der Waals surface area contributed by atoms with Gasteiger partial charge in [0.15, 0.2) is 6.61 Å². The normalized spacial score (nSPS) is 10.1. The van der Waals surface area contributed by atoms with Crippen molar-refractivity contribution in [1.29, 1.82) is 0 Å². The van der Waals surface area contributed by atoms with Crippen molar-refractivity contribution in [1.82, 2.24) is 0 Å². The number of hydrogen-bond donors (Lipinski definition) is 1. The number of hydrogen-bond acceptors (Lipinski definition) is 3. The maximum atomic E-state index is 11.9. The van der Waals surface area contributed by atoms with E-state index >= 15 is 0 Å². The zero-order valence-electron chi connectivity index (χ0n) is 13.0. The van der Waals surface area contributed by atoms with Gasteiger partial charge in [-0.1, -0.05) is 29.8 Å². The second-order valence-electron chi connectivity index (χ2n) is 5.24. The van der Waals surface area contributed by atoms with E-state index in [0.29, 0.717) is 5.56 Å². The Morgan fingerprint density at radius 1 is 1.00 bits per heavy atom. The number of aryl methyl sites for hydroxylation is 2. The quantitative estimate of drug-likeness (QED) is 0.880. The van der Waals surface area contributed by atoms with Gasteiger partial charge in [-0.3, -0.25) is 4.79 Å². The van der Waals surface area contributed by atoms with E-state index in [-0.39, 0.29) is 12.5 Å². The van der Waals surface area contributed by atoms with Crippen LogP contribution in [0.3, 0.4) is 0 Å². The van der Waals surface area contributed by atoms with Gasteiger partial charge >= 0.3 is 5.97 Å². The lowest BCUT2D eigenvalue weighted by Gasteiger charge is -2.10. The van der Waals surface area contributed by atoms with Gasteiger partial charge in [-0.15, -0.1) is 0 Å². The number of nitrogens with one attached hydrogen (secondary N) is 1. The van der Waals surface area contributed by atoms with Crippen LogP contribution < -0.4 is 5.32 Å². The average Bonchev–Trinajstić information content (AvgIpc) is 2.50. The Bertz CT molecular complexity index is 690. The lowest BCUT2D eigenvalue weighted by Crippen LogP contribution is -2.21. The Balaban J connectivity index is 1.91. The molecule has 2 aromatic rings. The first kappa shape index (κ1) is 15.8. The topological polar surface area (TPSA) is 55.4 Å². The van der Waals surface area contributed by atoms with Crippen LogP contribution in [0.5, 0.6) is 0 Å². The van der Waals surface area contributed by atoms with E-state index in [1.165, 1.54) is 0 Å². The number of carbonyl (C=O) groups excluding carboxylic acids is 2. The van der Waals surface area contributed by atoms with Gasteiger partial charge in [-0.2, -0.15) is 0 Å². The van der Waals surface area contributed by atoms with Crippen molar-refractivity contribution >= 4 is 17.6 Å². The van der Waals surface area contributed by atoms with Crippen molar-refractivity contribution in [3.8, 4) is 0 Å². The zero-order chi connectivity index (χ0) is 16.1. The number of esters is 1. The molecule has 0 saturated heterocycles. The fourth-order valence-electron chi connectivity index (χ4n) is 1.98. The van der Waals surface area contributed by atoms with Crippen molar-refractivity contribution in [2.75, 3.05) is 11.9 Å². The van der Waals surface area contributed by atoms with Crippen LogP contribution in [0.15, 0.2) is 42.5 Å². The summed E-state index contributed by atoms with van der Waals surface area (Å²) < 4.78 is 5.02. The van der Waals surface area contributed by atoms with Gasteiger partial charge in [0.2, 0.25) is 0 Å². The summed E-state index contributed by atoms with van der Waals surface area (Å²) in [5.74, 6) is -0.856. The summed E-state index contributed by atoms with van der Waals surface area (Å²) >= 11 is 0. The van der Waals surface area contributed by atoms with Gasteiger partial charge in [0.25, 0.3) is 5.91 Å². The van der Waals surface area contributed by atoms with E-state index in [1.807, 2.05) is 51.1 Å². The fourth-order valence-corrected chi connectivity index (χ4v) is 1.98. The molecule has 4 nitrogen and oxygen atoms in total. The molecule has 4 heteroatoms. The smallest absolute Gasteiger partial charge is 0.338 e. The van der Waals surface area contributed by atoms with Gasteiger partial charge in [0.05, 0.1) is 5.56 Å². The Labute approximate surface area is 130 Å². The highest BCUT2D eigenvalue weighted by atomic mass is 16.5. The zero-order valence-corrected chi connectivity index (χ0v) is 13.0. The summed E-state index contributed by atoms with van der Waals surface area (Å²) in [4.78, 5) is 23.7. The molecule has 0 spiro atoms. The minimum absolute atomic E-state index is 0.305. The Morgan fingerprint density at radius 3 is 2.36 bits per heavy atom. The van der Waals surface area contributed by atoms with E-state index in [4.69, 9.17) is 4.74 Å². The molecular formula is C18H19NO3. The maximum Gasteiger partial charge on any atom is 0.338 e. The molecule has 0 fully saturated rings. The van der Waals surface area contributed by atoms with Crippen molar-refractivity contribution in [2.45, 2.75) is 20.8 Å². The molecule has 0 heterocycles. The Hall–Kier alpha value is -2.62. The second kappa shape index (κ2) is 6.89. The lowest BCUT2D eigenvalue weighted by atomic mass is 10.1. The molecule has 1 amide bonds. The highest BCUT2D eigenvalue weighted by Crippen LogP contribution is 2.17. The summed E-state index contributed by atoms with van der Waals surface area (Å²) in [6.45, 7) is 5.54. The number of carbonyl (C=O) groups is 2. The lowest BCUT2D eigenvalue weighted by molar-refractivity contribution is -0.119. The van der Waals surface area contributed by atoms with Gasteiger partial charge in [-0.05, 0) is 50.1 Å². The predicted octanol–water partition coefficient (Wildman–Crippen LogP) is 3.41. The largest absolute Gasteiger partial charge is 0.452 e. The first-order chi connectivity index (χ1) is 10.5. The van der Waals surface area contributed by atoms with E-state index < -0.39 is 5.97 Å². The molecular weight excluding hydrogens is 278 g/mol. The summed E-state index contributed by atoms with van der Waals surface area (Å²) in [5, 5.41) is 2.75. The van der Waals surface area contributed by atoms with Gasteiger partial charge in [0, 0.05) is 5.69 Å². The van der Waals surface area contributed by atoms with Crippen LogP contribution in [0.2, 0.25) is 0 Å². The van der Waals surface area contributed by atoms with Crippen LogP contribution in [0, 0.1) is 20.8 Å². The molecule has 2 rings (SSSR count). The third-order valence-electron chi connectivity index (χ3n) is 3.50. The SMILES string of the molecule is Cc1ccc(C(=O)OCC(=O)Nc2cccc(C)c2C)cc1. The number of rotatable bonds is 4. The molecule has 0 aliphatic heterocycles. The average molecular weight is 297 g/mol. The summed E-state index contributed by atoms with van der Waals surface area (Å²) in [6, 6.07) is 12.7. The third-order valence-corrected chi connectivity index (χ3v) is 3.50. The maximum absolute atomic E-state index is 11.9. The van der Waals surface area contributed by atoms with Crippen LogP contribution in [-0.4, -0.2) is 18.5 Å². The van der Waals surface area contributed by atoms with E-state index in [1.54, 1.807) is 12.1 Å². The first-order valence-electron chi connectivity index (χ1n) is 7.07. The second-order valence-corrected chi connectivity index (χ2v) is 5.24. The monoisotopic (exact) mass is 297 g/mol. The van der Waals surface area contributed by atoms with Crippen LogP contribution >= 0.6 is 0 Å². The van der Waals surface area contributed by atoms with Gasteiger partial charge in [0.1, 0.15) is 0 Å². The molecule has 0 atom stereocenters. The summed E-state index contributed by atoms with van der Waals surface area (Å²) in [6.07, 6.45) is 0. The Kier molecular flexibility index (Phi) is 4.94. The number of amides is 1. The molecule has 0 aliphatic rings. The molecule has 0 bridgehead atoms. The van der Waals surface area contributed by atoms with E-state index in [0.717, 1.165) is 22.4 Å². The first-order valence-corrected chi connectivity index (χ1v) is 7.07. The molecule has 0 saturated carbocycles. The third kappa shape index (κ3) is 3.95.